The van der Waals surface area contributed by atoms with Crippen LogP contribution in [-0.2, 0) is 0 Å². The van der Waals surface area contributed by atoms with Gasteiger partial charge >= 0.3 is 0 Å². The summed E-state index contributed by atoms with van der Waals surface area (Å²) >= 11 is 0. The number of aromatic hydroxyl groups is 1. The van der Waals surface area contributed by atoms with Gasteiger partial charge < -0.3 is 10.0 Å². The van der Waals surface area contributed by atoms with E-state index >= 15 is 0 Å². The monoisotopic (exact) mass is 249 g/mol. The number of benzene rings is 1. The minimum absolute atomic E-state index is 0.0304. The molecule has 4 heteroatoms. The highest BCUT2D eigenvalue weighted by Gasteiger charge is 2.52. The summed E-state index contributed by atoms with van der Waals surface area (Å²) < 4.78 is 13.5. The zero-order valence-electron chi connectivity index (χ0n) is 10.3. The van der Waals surface area contributed by atoms with E-state index in [9.17, 15) is 14.3 Å². The Labute approximate surface area is 105 Å². The van der Waals surface area contributed by atoms with Crippen LogP contribution in [0.25, 0.3) is 0 Å². The molecule has 1 spiro atoms. The largest absolute Gasteiger partial charge is 0.508 e. The van der Waals surface area contributed by atoms with E-state index in [-0.39, 0.29) is 17.2 Å². The molecule has 0 aromatic heterocycles. The number of hydrogen-bond donors (Lipinski definition) is 1. The van der Waals surface area contributed by atoms with Crippen LogP contribution in [0.4, 0.5) is 4.39 Å². The van der Waals surface area contributed by atoms with E-state index in [1.807, 2.05) is 0 Å². The van der Waals surface area contributed by atoms with Crippen molar-refractivity contribution in [2.45, 2.75) is 19.8 Å². The van der Waals surface area contributed by atoms with E-state index in [1.165, 1.54) is 25.0 Å². The van der Waals surface area contributed by atoms with Crippen molar-refractivity contribution in [1.82, 2.24) is 4.90 Å². The lowest BCUT2D eigenvalue weighted by Gasteiger charge is -2.58. The first-order valence-electron chi connectivity index (χ1n) is 6.27. The first-order valence-corrected chi connectivity index (χ1v) is 6.27. The quantitative estimate of drug-likeness (QED) is 0.830. The minimum Gasteiger partial charge on any atom is -0.508 e. The van der Waals surface area contributed by atoms with Gasteiger partial charge in [-0.15, -0.1) is 0 Å². The van der Waals surface area contributed by atoms with Crippen molar-refractivity contribution in [2.24, 2.45) is 11.3 Å². The molecule has 1 amide bonds. The van der Waals surface area contributed by atoms with E-state index in [0.717, 1.165) is 25.1 Å². The third-order valence-corrected chi connectivity index (χ3v) is 4.08. The number of halogens is 1. The normalized spacial score (nSPS) is 21.6. The molecule has 1 aliphatic heterocycles. The maximum atomic E-state index is 13.5. The Morgan fingerprint density at radius 1 is 1.44 bits per heavy atom. The molecule has 2 fully saturated rings. The summed E-state index contributed by atoms with van der Waals surface area (Å²) in [5.74, 6) is -0.207. The van der Waals surface area contributed by atoms with E-state index in [1.54, 1.807) is 4.90 Å². The van der Waals surface area contributed by atoms with Crippen LogP contribution < -0.4 is 0 Å². The molecule has 1 saturated carbocycles. The van der Waals surface area contributed by atoms with Crippen molar-refractivity contribution in [3.05, 3.63) is 29.6 Å². The van der Waals surface area contributed by atoms with Crippen LogP contribution in [0.1, 0.15) is 30.1 Å². The number of phenolic OH excluding ortho intramolecular Hbond substituents is 1. The maximum Gasteiger partial charge on any atom is 0.257 e. The van der Waals surface area contributed by atoms with Crippen molar-refractivity contribution in [2.75, 3.05) is 13.1 Å². The minimum atomic E-state index is -0.569. The molecule has 1 aromatic carbocycles. The lowest BCUT2D eigenvalue weighted by Crippen LogP contribution is -2.63. The van der Waals surface area contributed by atoms with Gasteiger partial charge in [-0.05, 0) is 37.0 Å². The Balaban J connectivity index is 1.71. The Morgan fingerprint density at radius 2 is 2.11 bits per heavy atom. The predicted molar refractivity (Wildman–Crippen MR) is 64.8 cm³/mol. The molecule has 0 radical (unpaired) electrons. The molecule has 1 saturated heterocycles. The molecule has 3 rings (SSSR count). The van der Waals surface area contributed by atoms with Gasteiger partial charge in [-0.2, -0.15) is 0 Å². The molecule has 1 aromatic rings. The highest BCUT2D eigenvalue weighted by molar-refractivity contribution is 5.95. The third-order valence-electron chi connectivity index (χ3n) is 4.08. The summed E-state index contributed by atoms with van der Waals surface area (Å²) in [6, 6.07) is 3.58. The highest BCUT2D eigenvalue weighted by Crippen LogP contribution is 2.51. The van der Waals surface area contributed by atoms with Crippen molar-refractivity contribution in [1.29, 1.82) is 0 Å². The molecule has 18 heavy (non-hydrogen) atoms. The number of rotatable bonds is 1. The van der Waals surface area contributed by atoms with Crippen molar-refractivity contribution >= 4 is 5.91 Å². The molecule has 0 bridgehead atoms. The molecule has 0 atom stereocenters. The lowest BCUT2D eigenvalue weighted by atomic mass is 9.58. The molecule has 3 nitrogen and oxygen atoms in total. The molecule has 2 aliphatic rings. The number of likely N-dealkylation sites (tertiary alicyclic amines) is 1. The molecule has 0 unspecified atom stereocenters. The number of carbonyl (C=O) groups is 1. The smallest absolute Gasteiger partial charge is 0.257 e. The first-order chi connectivity index (χ1) is 8.49. The van der Waals surface area contributed by atoms with Crippen LogP contribution in [0.3, 0.4) is 0 Å². The fraction of sp³-hybridized carbons (Fsp3) is 0.500. The van der Waals surface area contributed by atoms with Gasteiger partial charge in [-0.25, -0.2) is 4.39 Å². The van der Waals surface area contributed by atoms with Gasteiger partial charge in [0, 0.05) is 18.5 Å². The molecule has 96 valence electrons. The summed E-state index contributed by atoms with van der Waals surface area (Å²) in [6.45, 7) is 3.67. The van der Waals surface area contributed by atoms with Crippen LogP contribution >= 0.6 is 0 Å². The Morgan fingerprint density at radius 3 is 2.72 bits per heavy atom. The summed E-state index contributed by atoms with van der Waals surface area (Å²) in [5, 5.41) is 9.32. The van der Waals surface area contributed by atoms with E-state index in [4.69, 9.17) is 0 Å². The van der Waals surface area contributed by atoms with Gasteiger partial charge in [-0.1, -0.05) is 6.92 Å². The maximum absolute atomic E-state index is 13.5. The Bertz CT molecular complexity index is 501. The first kappa shape index (κ1) is 11.5. The van der Waals surface area contributed by atoms with Gasteiger partial charge in [0.2, 0.25) is 0 Å². The number of amides is 1. The molecule has 1 N–H and O–H groups in total. The average Bonchev–Trinajstić information content (AvgIpc) is 2.24. The summed E-state index contributed by atoms with van der Waals surface area (Å²) in [7, 11) is 0. The van der Waals surface area contributed by atoms with E-state index < -0.39 is 5.82 Å². The van der Waals surface area contributed by atoms with Crippen LogP contribution in [0.15, 0.2) is 18.2 Å². The topological polar surface area (TPSA) is 40.5 Å². The summed E-state index contributed by atoms with van der Waals surface area (Å²) in [5.41, 5.74) is 0.278. The van der Waals surface area contributed by atoms with Crippen LogP contribution in [0.2, 0.25) is 0 Å². The van der Waals surface area contributed by atoms with E-state index in [0.29, 0.717) is 5.41 Å². The fourth-order valence-corrected chi connectivity index (χ4v) is 3.43. The number of nitrogens with zero attached hydrogens (tertiary/aromatic N) is 1. The number of carbonyl (C=O) groups excluding carboxylic acids is 1. The molecular formula is C14H16FNO2. The van der Waals surface area contributed by atoms with Gasteiger partial charge in [0.05, 0.1) is 5.56 Å². The van der Waals surface area contributed by atoms with Crippen LogP contribution in [0, 0.1) is 17.2 Å². The second kappa shape index (κ2) is 3.70. The fourth-order valence-electron chi connectivity index (χ4n) is 3.43. The van der Waals surface area contributed by atoms with Crippen molar-refractivity contribution in [3.8, 4) is 5.75 Å². The zero-order valence-corrected chi connectivity index (χ0v) is 10.3. The molecule has 1 heterocycles. The van der Waals surface area contributed by atoms with Gasteiger partial charge in [0.25, 0.3) is 5.91 Å². The highest BCUT2D eigenvalue weighted by atomic mass is 19.1. The van der Waals surface area contributed by atoms with Crippen LogP contribution in [-0.4, -0.2) is 29.0 Å². The standard InChI is InChI=1S/C14H16FNO2/c1-9-5-14(6-9)7-16(8-14)13(18)11-4-10(17)2-3-12(11)15/h2-4,9,17H,5-8H2,1H3. The molecular weight excluding hydrogens is 233 g/mol. The summed E-state index contributed by atoms with van der Waals surface area (Å²) in [6.07, 6.45) is 2.33. The lowest BCUT2D eigenvalue weighted by molar-refractivity contribution is -0.0713. The number of phenols is 1. The summed E-state index contributed by atoms with van der Waals surface area (Å²) in [4.78, 5) is 13.8. The van der Waals surface area contributed by atoms with Crippen molar-refractivity contribution < 1.29 is 14.3 Å². The third kappa shape index (κ3) is 1.67. The van der Waals surface area contributed by atoms with Crippen molar-refractivity contribution in [3.63, 3.8) is 0 Å². The zero-order chi connectivity index (χ0) is 12.9. The number of hydrogen-bond acceptors (Lipinski definition) is 2. The SMILES string of the molecule is CC1CC2(C1)CN(C(=O)c1cc(O)ccc1F)C2. The Kier molecular flexibility index (Phi) is 2.37. The average molecular weight is 249 g/mol. The predicted octanol–water partition coefficient (Wildman–Crippen LogP) is 2.40. The van der Waals surface area contributed by atoms with Gasteiger partial charge in [0.15, 0.2) is 0 Å². The second-order valence-corrected chi connectivity index (χ2v) is 5.84. The Hall–Kier alpha value is -1.58. The van der Waals surface area contributed by atoms with Gasteiger partial charge in [-0.3, -0.25) is 4.79 Å². The van der Waals surface area contributed by atoms with E-state index in [2.05, 4.69) is 6.92 Å². The van der Waals surface area contributed by atoms with Gasteiger partial charge in [0.1, 0.15) is 11.6 Å². The molecule has 1 aliphatic carbocycles. The second-order valence-electron chi connectivity index (χ2n) is 5.84. The van der Waals surface area contributed by atoms with Crippen LogP contribution in [0.5, 0.6) is 5.75 Å².